The molecule has 3 aromatic rings. The molecule has 4 heterocycles. The Morgan fingerprint density at radius 1 is 0.643 bits per heavy atom. The Morgan fingerprint density at radius 3 is 1.50 bits per heavy atom. The van der Waals surface area contributed by atoms with Crippen LogP contribution in [0.2, 0.25) is 0 Å². The summed E-state index contributed by atoms with van der Waals surface area (Å²) in [5.74, 6) is 0. The van der Waals surface area contributed by atoms with Gasteiger partial charge < -0.3 is 48.0 Å². The van der Waals surface area contributed by atoms with Crippen molar-refractivity contribution < 1.29 is 57.1 Å². The first-order chi connectivity index (χ1) is 12.7. The second-order valence-electron chi connectivity index (χ2n) is 7.91. The van der Waals surface area contributed by atoms with Crippen LogP contribution in [-0.4, -0.2) is 0 Å². The molecule has 0 amide bonds. The molecule has 0 radical (unpaired) electrons. The van der Waals surface area contributed by atoms with Crippen LogP contribution in [0.5, 0.6) is 0 Å². The average molecular weight is 596 g/mol. The van der Waals surface area contributed by atoms with E-state index in [0.717, 1.165) is 25.9 Å². The van der Waals surface area contributed by atoms with E-state index in [1.54, 1.807) is 0 Å². The van der Waals surface area contributed by atoms with Crippen molar-refractivity contribution in [2.24, 2.45) is 0 Å². The molecule has 1 aromatic carbocycles. The number of hydrogen-bond donors (Lipinski definition) is 0. The minimum Gasteiger partial charge on any atom is -1.00 e. The number of benzene rings is 1. The van der Waals surface area contributed by atoms with Gasteiger partial charge in [-0.2, -0.15) is 9.13 Å². The molecule has 146 valence electrons. The lowest BCUT2D eigenvalue weighted by atomic mass is 9.88. The van der Waals surface area contributed by atoms with Crippen LogP contribution in [0.25, 0.3) is 22.5 Å². The molecule has 0 saturated heterocycles. The van der Waals surface area contributed by atoms with Gasteiger partial charge in [0.1, 0.15) is 13.1 Å². The molecule has 0 spiro atoms. The van der Waals surface area contributed by atoms with Gasteiger partial charge in [-0.25, -0.2) is 0 Å². The standard InChI is InChI=1S/C24H26N2.2HI/c1-17-9-13-25-11-3-5-19-7-8-20-6-4-12-26-14-10-18(2)16-22(26)24(20)23(19)21(25)15-17;;/h7-10,13-16H,3-6,11-12H2,1-2H3;2*1H/q+2;;/p-2. The van der Waals surface area contributed by atoms with Crippen LogP contribution in [0, 0.1) is 13.8 Å². The normalized spacial score (nSPS) is 14.1. The number of halogens is 2. The molecule has 0 bridgehead atoms. The first kappa shape index (κ1) is 21.7. The summed E-state index contributed by atoms with van der Waals surface area (Å²) >= 11 is 0. The van der Waals surface area contributed by atoms with Crippen molar-refractivity contribution in [3.05, 3.63) is 71.0 Å². The maximum absolute atomic E-state index is 2.46. The van der Waals surface area contributed by atoms with Crippen LogP contribution in [0.15, 0.2) is 48.8 Å². The molecular formula is C24H26I2N2. The lowest BCUT2D eigenvalue weighted by Gasteiger charge is -2.14. The van der Waals surface area contributed by atoms with E-state index in [2.05, 4.69) is 71.8 Å². The van der Waals surface area contributed by atoms with Crippen molar-refractivity contribution in [1.29, 1.82) is 0 Å². The smallest absolute Gasteiger partial charge is 0.213 e. The number of aryl methyl sites for hydroxylation is 6. The van der Waals surface area contributed by atoms with Gasteiger partial charge in [-0.1, -0.05) is 12.1 Å². The third-order valence-corrected chi connectivity index (χ3v) is 5.96. The second kappa shape index (κ2) is 8.78. The lowest BCUT2D eigenvalue weighted by molar-refractivity contribution is -0.687. The summed E-state index contributed by atoms with van der Waals surface area (Å²) in [6.45, 7) is 6.62. The SMILES string of the molecule is Cc1cc[n+]2c(c1)-c1c(ccc3c1-c1cc(C)cc[n+]1CCC3)CCC2.[I-].[I-]. The second-order valence-corrected chi connectivity index (χ2v) is 7.91. The van der Waals surface area contributed by atoms with Crippen molar-refractivity contribution in [1.82, 2.24) is 0 Å². The number of aromatic nitrogens is 2. The van der Waals surface area contributed by atoms with Gasteiger partial charge in [-0.15, -0.1) is 0 Å². The van der Waals surface area contributed by atoms with E-state index < -0.39 is 0 Å². The zero-order chi connectivity index (χ0) is 17.7. The third-order valence-electron chi connectivity index (χ3n) is 5.96. The van der Waals surface area contributed by atoms with E-state index >= 15 is 0 Å². The Hall–Kier alpha value is -1.02. The Balaban J connectivity index is 0.00000112. The zero-order valence-corrected chi connectivity index (χ0v) is 20.8. The minimum atomic E-state index is 0. The predicted octanol–water partition coefficient (Wildman–Crippen LogP) is -1.89. The van der Waals surface area contributed by atoms with Crippen molar-refractivity contribution in [3.63, 3.8) is 0 Å². The van der Waals surface area contributed by atoms with Crippen molar-refractivity contribution in [2.75, 3.05) is 0 Å². The van der Waals surface area contributed by atoms with E-state index in [9.17, 15) is 0 Å². The highest BCUT2D eigenvalue weighted by atomic mass is 127. The molecule has 5 rings (SSSR count). The Bertz CT molecular complexity index is 945. The largest absolute Gasteiger partial charge is 1.00 e. The molecule has 0 unspecified atom stereocenters. The zero-order valence-electron chi connectivity index (χ0n) is 16.5. The first-order valence-corrected chi connectivity index (χ1v) is 9.86. The van der Waals surface area contributed by atoms with Crippen LogP contribution in [-0.2, 0) is 25.9 Å². The van der Waals surface area contributed by atoms with Crippen LogP contribution in [0.3, 0.4) is 0 Å². The number of nitrogens with zero attached hydrogens (tertiary/aromatic N) is 2. The molecule has 0 fully saturated rings. The molecule has 0 aliphatic carbocycles. The van der Waals surface area contributed by atoms with E-state index in [4.69, 9.17) is 0 Å². The van der Waals surface area contributed by atoms with Gasteiger partial charge in [0.15, 0.2) is 12.4 Å². The summed E-state index contributed by atoms with van der Waals surface area (Å²) in [5.41, 5.74) is 11.4. The first-order valence-electron chi connectivity index (χ1n) is 9.86. The van der Waals surface area contributed by atoms with Crippen LogP contribution >= 0.6 is 0 Å². The monoisotopic (exact) mass is 596 g/mol. The fourth-order valence-corrected chi connectivity index (χ4v) is 4.66. The topological polar surface area (TPSA) is 7.76 Å². The summed E-state index contributed by atoms with van der Waals surface area (Å²) in [7, 11) is 0. The predicted molar refractivity (Wildman–Crippen MR) is 104 cm³/mol. The van der Waals surface area contributed by atoms with E-state index in [1.807, 2.05) is 0 Å². The van der Waals surface area contributed by atoms with Gasteiger partial charge in [0.2, 0.25) is 11.4 Å². The van der Waals surface area contributed by atoms with Gasteiger partial charge in [0.05, 0.1) is 11.1 Å². The number of rotatable bonds is 0. The highest BCUT2D eigenvalue weighted by molar-refractivity contribution is 5.84. The van der Waals surface area contributed by atoms with Gasteiger partial charge in [-0.05, 0) is 48.9 Å². The Morgan fingerprint density at radius 2 is 1.07 bits per heavy atom. The molecule has 2 aliphatic rings. The van der Waals surface area contributed by atoms with Crippen LogP contribution < -0.4 is 57.1 Å². The van der Waals surface area contributed by atoms with Crippen molar-refractivity contribution in [3.8, 4) is 22.5 Å². The summed E-state index contributed by atoms with van der Waals surface area (Å²) in [5, 5.41) is 0. The van der Waals surface area contributed by atoms with E-state index in [-0.39, 0.29) is 48.0 Å². The molecule has 0 atom stereocenters. The molecule has 4 heteroatoms. The van der Waals surface area contributed by atoms with E-state index in [0.29, 0.717) is 0 Å². The average Bonchev–Trinajstić information content (AvgIpc) is 2.93. The molecule has 2 nitrogen and oxygen atoms in total. The molecule has 28 heavy (non-hydrogen) atoms. The van der Waals surface area contributed by atoms with E-state index in [1.165, 1.54) is 57.6 Å². The quantitative estimate of drug-likeness (QED) is 0.212. The van der Waals surface area contributed by atoms with Gasteiger partial charge in [0, 0.05) is 37.1 Å². The highest BCUT2D eigenvalue weighted by Crippen LogP contribution is 2.38. The van der Waals surface area contributed by atoms with Crippen LogP contribution in [0.4, 0.5) is 0 Å². The fourth-order valence-electron chi connectivity index (χ4n) is 4.66. The van der Waals surface area contributed by atoms with Crippen molar-refractivity contribution >= 4 is 0 Å². The molecule has 0 N–H and O–H groups in total. The van der Waals surface area contributed by atoms with Crippen LogP contribution in [0.1, 0.15) is 35.1 Å². The van der Waals surface area contributed by atoms with Gasteiger partial charge >= 0.3 is 0 Å². The summed E-state index contributed by atoms with van der Waals surface area (Å²) in [4.78, 5) is 0. The lowest BCUT2D eigenvalue weighted by Crippen LogP contribution is -3.00. The molecule has 0 saturated carbocycles. The molecule has 2 aliphatic heterocycles. The maximum atomic E-state index is 2.46. The number of pyridine rings is 2. The Labute approximate surface area is 202 Å². The molecule has 2 aromatic heterocycles. The van der Waals surface area contributed by atoms with Gasteiger partial charge in [0.25, 0.3) is 0 Å². The van der Waals surface area contributed by atoms with Crippen molar-refractivity contribution in [2.45, 2.75) is 52.6 Å². The van der Waals surface area contributed by atoms with Gasteiger partial charge in [-0.3, -0.25) is 0 Å². The number of hydrogen-bond acceptors (Lipinski definition) is 0. The summed E-state index contributed by atoms with van der Waals surface area (Å²) < 4.78 is 4.92. The molecular weight excluding hydrogens is 570 g/mol. The third kappa shape index (κ3) is 3.74. The summed E-state index contributed by atoms with van der Waals surface area (Å²) in [6.07, 6.45) is 9.30. The Kier molecular flexibility index (Phi) is 6.80. The minimum absolute atomic E-state index is 0. The maximum Gasteiger partial charge on any atom is 0.213 e. The fraction of sp³-hybridized carbons (Fsp3) is 0.333. The number of fused-ring (bicyclic) bond motifs is 7. The summed E-state index contributed by atoms with van der Waals surface area (Å²) in [6, 6.07) is 14.0. The highest BCUT2D eigenvalue weighted by Gasteiger charge is 2.31.